The van der Waals surface area contributed by atoms with Crippen LogP contribution in [0.2, 0.25) is 0 Å². The maximum Gasteiger partial charge on any atom is 0.350 e. The van der Waals surface area contributed by atoms with Crippen molar-refractivity contribution in [3.8, 4) is 0 Å². The molecule has 0 radical (unpaired) electrons. The van der Waals surface area contributed by atoms with Crippen molar-refractivity contribution in [3.63, 3.8) is 0 Å². The fraction of sp³-hybridized carbons (Fsp3) is 0.385. The number of hydrogen-bond acceptors (Lipinski definition) is 5. The smallest absolute Gasteiger partial charge is 0.350 e. The van der Waals surface area contributed by atoms with E-state index in [2.05, 4.69) is 0 Å². The summed E-state index contributed by atoms with van der Waals surface area (Å²) in [6.07, 6.45) is 5.44. The van der Waals surface area contributed by atoms with Crippen LogP contribution in [0.25, 0.3) is 0 Å². The normalized spacial score (nSPS) is 23.9. The number of carbonyl (C=O) groups is 2. The Morgan fingerprint density at radius 3 is 2.68 bits per heavy atom. The number of aliphatic carboxylic acids is 1. The highest BCUT2D eigenvalue weighted by molar-refractivity contribution is 8.13. The molecule has 0 spiro atoms. The summed E-state index contributed by atoms with van der Waals surface area (Å²) in [6, 6.07) is 0. The van der Waals surface area contributed by atoms with Gasteiger partial charge in [-0.25, -0.2) is 0 Å². The number of fused-ring (bicyclic) bond motifs is 1. The van der Waals surface area contributed by atoms with E-state index in [0.29, 0.717) is 24.5 Å². The molecule has 1 unspecified atom stereocenters. The average molecular weight is 345 g/mol. The molecule has 2 aliphatic rings. The minimum atomic E-state index is -4.92. The van der Waals surface area contributed by atoms with E-state index in [4.69, 9.17) is 0 Å². The summed E-state index contributed by atoms with van der Waals surface area (Å²) in [5.41, 5.74) is 1.22. The minimum absolute atomic E-state index is 0.0139. The molecule has 120 valence electrons. The third-order valence-corrected chi connectivity index (χ3v) is 5.76. The Bertz CT molecular complexity index is 649. The molecule has 22 heavy (non-hydrogen) atoms. The molecule has 1 aliphatic heterocycles. The summed E-state index contributed by atoms with van der Waals surface area (Å²) in [6.45, 7) is 2.46. The molecule has 0 aromatic rings. The van der Waals surface area contributed by atoms with E-state index < -0.39 is 18.7 Å². The molecule has 0 aromatic carbocycles. The number of carboxylic acids is 1. The van der Waals surface area contributed by atoms with E-state index in [-0.39, 0.29) is 5.12 Å². The van der Waals surface area contributed by atoms with Gasteiger partial charge < -0.3 is 19.8 Å². The number of rotatable bonds is 5. The van der Waals surface area contributed by atoms with Crippen molar-refractivity contribution in [2.75, 3.05) is 18.8 Å². The maximum absolute atomic E-state index is 11.7. The van der Waals surface area contributed by atoms with E-state index in [1.54, 1.807) is 0 Å². The van der Waals surface area contributed by atoms with E-state index in [0.717, 1.165) is 29.5 Å². The lowest BCUT2D eigenvalue weighted by molar-refractivity contribution is -0.138. The molecule has 0 saturated heterocycles. The van der Waals surface area contributed by atoms with Crippen molar-refractivity contribution in [2.24, 2.45) is 0 Å². The molecule has 0 fully saturated rings. The zero-order valence-electron chi connectivity index (χ0n) is 11.8. The second-order valence-electron chi connectivity index (χ2n) is 4.98. The van der Waals surface area contributed by atoms with Crippen molar-refractivity contribution in [1.29, 1.82) is 0 Å². The van der Waals surface area contributed by atoms with Gasteiger partial charge in [0.05, 0.1) is 0 Å². The third kappa shape index (κ3) is 3.05. The van der Waals surface area contributed by atoms with Crippen molar-refractivity contribution >= 4 is 30.4 Å². The van der Waals surface area contributed by atoms with Gasteiger partial charge in [-0.2, -0.15) is 0 Å². The monoisotopic (exact) mass is 345 g/mol. The Hall–Kier alpha value is -1.34. The number of allylic oxidation sites excluding steroid dienone is 1. The summed E-state index contributed by atoms with van der Waals surface area (Å²) in [5.74, 6) is -1.07. The van der Waals surface area contributed by atoms with Gasteiger partial charge in [-0.15, -0.1) is 0 Å². The lowest BCUT2D eigenvalue weighted by Crippen LogP contribution is -2.37. The number of carboxylic acid groups (broad SMARTS) is 1. The fourth-order valence-corrected chi connectivity index (χ4v) is 3.75. The van der Waals surface area contributed by atoms with Crippen molar-refractivity contribution in [3.05, 3.63) is 35.6 Å². The summed E-state index contributed by atoms with van der Waals surface area (Å²) in [5, 5.41) is 6.95. The van der Waals surface area contributed by atoms with Gasteiger partial charge >= 0.3 is 13.6 Å². The number of thioether (sulfide) groups is 1. The van der Waals surface area contributed by atoms with Crippen LogP contribution in [0.4, 0.5) is 0 Å². The van der Waals surface area contributed by atoms with Crippen molar-refractivity contribution in [2.45, 2.75) is 12.1 Å². The van der Waals surface area contributed by atoms with E-state index >= 15 is 0 Å². The molecule has 3 N–H and O–H groups in total. The first-order valence-electron chi connectivity index (χ1n) is 6.47. The number of nitrogens with zero attached hydrogens (tertiary/aromatic N) is 1. The van der Waals surface area contributed by atoms with E-state index in [9.17, 15) is 29.0 Å². The molecule has 1 heterocycles. The Morgan fingerprint density at radius 2 is 2.14 bits per heavy atom. The largest absolute Gasteiger partial charge is 0.480 e. The van der Waals surface area contributed by atoms with E-state index in [1.807, 2.05) is 11.0 Å². The van der Waals surface area contributed by atoms with Gasteiger partial charge in [-0.05, 0) is 11.6 Å². The van der Waals surface area contributed by atoms with Crippen LogP contribution in [0.3, 0.4) is 0 Å². The zero-order chi connectivity index (χ0) is 16.5. The van der Waals surface area contributed by atoms with E-state index in [1.165, 1.54) is 13.0 Å². The van der Waals surface area contributed by atoms with Crippen molar-refractivity contribution < 1.29 is 29.0 Å². The first kappa shape index (κ1) is 17.0. The molecule has 0 aromatic heterocycles. The molecule has 7 nitrogen and oxygen atoms in total. The lowest BCUT2D eigenvalue weighted by Gasteiger charge is -2.30. The van der Waals surface area contributed by atoms with Crippen molar-refractivity contribution in [1.82, 2.24) is 4.90 Å². The van der Waals surface area contributed by atoms with Gasteiger partial charge in [0.25, 0.3) is 0 Å². The van der Waals surface area contributed by atoms with Crippen LogP contribution in [0.15, 0.2) is 35.6 Å². The standard InChI is InChI=1S/C13H16NO6PS/c1-9(15)22-7-6-14-5-3-10-2-4-13(12(16)17,8-11(10)14)21(18,19)20/h2-4,8H,5-7H2,1H3,(H,16,17)(H2,18,19,20). The fourth-order valence-electron chi connectivity index (χ4n) is 2.35. The van der Waals surface area contributed by atoms with Crippen LogP contribution in [-0.4, -0.2) is 54.9 Å². The van der Waals surface area contributed by atoms with Crippen LogP contribution in [0.5, 0.6) is 0 Å². The van der Waals surface area contributed by atoms with Gasteiger partial charge in [0, 0.05) is 31.5 Å². The Labute approximate surface area is 131 Å². The topological polar surface area (TPSA) is 115 Å². The SMILES string of the molecule is CC(=O)SCCN1CC=C2C=CC(C(=O)O)(P(=O)(O)O)C=C21. The summed E-state index contributed by atoms with van der Waals surface area (Å²) < 4.78 is 11.7. The predicted octanol–water partition coefficient (Wildman–Crippen LogP) is 0.963. The Kier molecular flexibility index (Phi) is 4.67. The predicted molar refractivity (Wildman–Crippen MR) is 82.4 cm³/mol. The highest BCUT2D eigenvalue weighted by Crippen LogP contribution is 2.55. The number of hydrogen-bond donors (Lipinski definition) is 3. The van der Waals surface area contributed by atoms with Crippen LogP contribution in [0.1, 0.15) is 6.92 Å². The molecule has 0 saturated carbocycles. The second-order valence-corrected chi connectivity index (χ2v) is 8.08. The third-order valence-electron chi connectivity index (χ3n) is 3.53. The quantitative estimate of drug-likeness (QED) is 0.631. The highest BCUT2D eigenvalue weighted by atomic mass is 32.2. The molecular weight excluding hydrogens is 329 g/mol. The molecule has 1 atom stereocenters. The minimum Gasteiger partial charge on any atom is -0.480 e. The Morgan fingerprint density at radius 1 is 1.45 bits per heavy atom. The van der Waals surface area contributed by atoms with Gasteiger partial charge in [0.15, 0.2) is 5.12 Å². The zero-order valence-corrected chi connectivity index (χ0v) is 13.5. The van der Waals surface area contributed by atoms with Gasteiger partial charge in [0.1, 0.15) is 0 Å². The summed E-state index contributed by atoms with van der Waals surface area (Å²) >= 11 is 1.15. The maximum atomic E-state index is 11.7. The Balaban J connectivity index is 2.29. The van der Waals surface area contributed by atoms with Gasteiger partial charge in [-0.1, -0.05) is 30.0 Å². The first-order valence-corrected chi connectivity index (χ1v) is 9.07. The molecule has 0 amide bonds. The van der Waals surface area contributed by atoms with Gasteiger partial charge in [0.2, 0.25) is 5.16 Å². The highest BCUT2D eigenvalue weighted by Gasteiger charge is 2.52. The summed E-state index contributed by atoms with van der Waals surface area (Å²) in [7, 11) is -4.92. The van der Waals surface area contributed by atoms with Crippen LogP contribution >= 0.6 is 19.4 Å². The van der Waals surface area contributed by atoms with Crippen LogP contribution in [0, 0.1) is 0 Å². The van der Waals surface area contributed by atoms with Crippen LogP contribution in [-0.2, 0) is 14.2 Å². The second kappa shape index (κ2) is 6.04. The molecule has 9 heteroatoms. The lowest BCUT2D eigenvalue weighted by atomic mass is 9.97. The molecule has 0 bridgehead atoms. The molecule has 2 rings (SSSR count). The molecular formula is C13H16NO6PS. The van der Waals surface area contributed by atoms with Crippen LogP contribution < -0.4 is 0 Å². The first-order chi connectivity index (χ1) is 10.2. The van der Waals surface area contributed by atoms with Gasteiger partial charge in [-0.3, -0.25) is 14.2 Å². The summed E-state index contributed by atoms with van der Waals surface area (Å²) in [4.78, 5) is 43.1. The molecule has 1 aliphatic carbocycles. The average Bonchev–Trinajstić information content (AvgIpc) is 2.79. The number of carbonyl (C=O) groups excluding carboxylic acids is 1.